The van der Waals surface area contributed by atoms with Gasteiger partial charge in [0.1, 0.15) is 5.01 Å². The number of likely N-dealkylation sites (tertiary alicyclic amines) is 1. The summed E-state index contributed by atoms with van der Waals surface area (Å²) in [5, 5.41) is 6.52. The molecule has 2 fully saturated rings. The zero-order valence-corrected chi connectivity index (χ0v) is 12.6. The molecule has 0 amide bonds. The van der Waals surface area contributed by atoms with E-state index in [4.69, 9.17) is 0 Å². The van der Waals surface area contributed by atoms with Crippen LogP contribution in [0.25, 0.3) is 0 Å². The first-order valence-electron chi connectivity index (χ1n) is 7.46. The Kier molecular flexibility index (Phi) is 4.51. The van der Waals surface area contributed by atoms with Gasteiger partial charge in [-0.15, -0.1) is 11.3 Å². The minimum absolute atomic E-state index is 0.212. The van der Waals surface area contributed by atoms with Gasteiger partial charge in [-0.2, -0.15) is 13.2 Å². The highest BCUT2D eigenvalue weighted by atomic mass is 32.1. The van der Waals surface area contributed by atoms with E-state index in [1.54, 1.807) is 11.3 Å². The highest BCUT2D eigenvalue weighted by Gasteiger charge is 2.41. The van der Waals surface area contributed by atoms with E-state index in [9.17, 15) is 13.2 Å². The average Bonchev–Trinajstić information content (AvgIpc) is 3.16. The molecule has 1 saturated heterocycles. The number of rotatable bonds is 5. The summed E-state index contributed by atoms with van der Waals surface area (Å²) in [4.78, 5) is 6.64. The Morgan fingerprint density at radius 1 is 1.24 bits per heavy atom. The van der Waals surface area contributed by atoms with Crippen molar-refractivity contribution in [2.75, 3.05) is 13.1 Å². The lowest BCUT2D eigenvalue weighted by molar-refractivity contribution is -0.185. The van der Waals surface area contributed by atoms with Gasteiger partial charge in [0.2, 0.25) is 0 Å². The van der Waals surface area contributed by atoms with Crippen LogP contribution in [0.4, 0.5) is 13.2 Å². The highest BCUT2D eigenvalue weighted by Crippen LogP contribution is 2.34. The van der Waals surface area contributed by atoms with Gasteiger partial charge in [0.05, 0.1) is 11.6 Å². The fourth-order valence-corrected chi connectivity index (χ4v) is 3.41. The number of piperidine rings is 1. The van der Waals surface area contributed by atoms with Crippen LogP contribution in [0.3, 0.4) is 0 Å². The van der Waals surface area contributed by atoms with E-state index < -0.39 is 12.1 Å². The van der Waals surface area contributed by atoms with Gasteiger partial charge < -0.3 is 5.32 Å². The Labute approximate surface area is 126 Å². The normalized spacial score (nSPS) is 21.9. The van der Waals surface area contributed by atoms with Crippen LogP contribution >= 0.6 is 11.3 Å². The second-order valence-corrected chi connectivity index (χ2v) is 6.92. The molecule has 0 radical (unpaired) electrons. The summed E-state index contributed by atoms with van der Waals surface area (Å²) in [5.41, 5.74) is 0.984. The molecule has 0 atom stereocenters. The number of nitrogens with zero attached hydrogens (tertiary/aromatic N) is 2. The zero-order valence-electron chi connectivity index (χ0n) is 11.8. The van der Waals surface area contributed by atoms with Crippen LogP contribution in [0.15, 0.2) is 5.38 Å². The molecule has 7 heteroatoms. The van der Waals surface area contributed by atoms with Crippen molar-refractivity contribution in [3.63, 3.8) is 0 Å². The van der Waals surface area contributed by atoms with Gasteiger partial charge in [-0.25, -0.2) is 4.98 Å². The van der Waals surface area contributed by atoms with Crippen molar-refractivity contribution >= 4 is 11.3 Å². The van der Waals surface area contributed by atoms with Gasteiger partial charge in [-0.1, -0.05) is 0 Å². The number of hydrogen-bond acceptors (Lipinski definition) is 4. The lowest BCUT2D eigenvalue weighted by Gasteiger charge is -2.32. The smallest absolute Gasteiger partial charge is 0.308 e. The lowest BCUT2D eigenvalue weighted by Crippen LogP contribution is -2.38. The lowest BCUT2D eigenvalue weighted by atomic mass is 9.96. The van der Waals surface area contributed by atoms with E-state index in [-0.39, 0.29) is 12.8 Å². The summed E-state index contributed by atoms with van der Waals surface area (Å²) in [5.74, 6) is -1.12. The average molecular weight is 319 g/mol. The molecule has 118 valence electrons. The maximum absolute atomic E-state index is 12.6. The van der Waals surface area contributed by atoms with Crippen LogP contribution in [0, 0.1) is 5.92 Å². The molecule has 2 heterocycles. The Balaban J connectivity index is 1.44. The molecular weight excluding hydrogens is 299 g/mol. The number of aromatic nitrogens is 1. The maximum atomic E-state index is 12.6. The molecule has 1 aliphatic heterocycles. The van der Waals surface area contributed by atoms with Gasteiger partial charge in [0.15, 0.2) is 0 Å². The SMILES string of the molecule is FC(F)(F)C1CCN(Cc2csc(CNC3CC3)n2)CC1. The highest BCUT2D eigenvalue weighted by molar-refractivity contribution is 7.09. The van der Waals surface area contributed by atoms with Crippen LogP contribution in [0.2, 0.25) is 0 Å². The standard InChI is InChI=1S/C14H20F3N3S/c15-14(16,17)10-3-5-20(6-4-10)8-12-9-21-13(19-12)7-18-11-1-2-11/h9-11,18H,1-8H2. The largest absolute Gasteiger partial charge is 0.391 e. The predicted molar refractivity (Wildman–Crippen MR) is 76.0 cm³/mol. The summed E-state index contributed by atoms with van der Waals surface area (Å²) in [6, 6.07) is 0.666. The van der Waals surface area contributed by atoms with E-state index >= 15 is 0 Å². The van der Waals surface area contributed by atoms with Gasteiger partial charge in [0, 0.05) is 24.5 Å². The molecule has 1 aliphatic carbocycles. The molecule has 21 heavy (non-hydrogen) atoms. The Hall–Kier alpha value is -0.660. The summed E-state index contributed by atoms with van der Waals surface area (Å²) in [6.07, 6.45) is -1.10. The first kappa shape index (κ1) is 15.2. The Bertz CT molecular complexity index is 462. The van der Waals surface area contributed by atoms with Crippen molar-refractivity contribution in [2.45, 2.75) is 51.0 Å². The Morgan fingerprint density at radius 2 is 1.95 bits per heavy atom. The zero-order chi connectivity index (χ0) is 14.9. The van der Waals surface area contributed by atoms with Crippen LogP contribution in [0.1, 0.15) is 36.4 Å². The van der Waals surface area contributed by atoms with Crippen LogP contribution in [0.5, 0.6) is 0 Å². The predicted octanol–water partition coefficient (Wildman–Crippen LogP) is 3.17. The van der Waals surface area contributed by atoms with E-state index in [1.807, 2.05) is 5.38 Å². The molecule has 1 saturated carbocycles. The van der Waals surface area contributed by atoms with Gasteiger partial charge in [-0.05, 0) is 38.8 Å². The van der Waals surface area contributed by atoms with E-state index in [0.29, 0.717) is 25.7 Å². The van der Waals surface area contributed by atoms with Gasteiger partial charge in [0.25, 0.3) is 0 Å². The minimum Gasteiger partial charge on any atom is -0.308 e. The summed E-state index contributed by atoms with van der Waals surface area (Å²) < 4.78 is 37.9. The molecule has 0 bridgehead atoms. The molecule has 0 spiro atoms. The number of nitrogens with one attached hydrogen (secondary N) is 1. The molecular formula is C14H20F3N3S. The van der Waals surface area contributed by atoms with Crippen molar-refractivity contribution in [1.82, 2.24) is 15.2 Å². The molecule has 3 nitrogen and oxygen atoms in total. The number of hydrogen-bond donors (Lipinski definition) is 1. The first-order valence-corrected chi connectivity index (χ1v) is 8.34. The topological polar surface area (TPSA) is 28.2 Å². The number of alkyl halides is 3. The second kappa shape index (κ2) is 6.22. The van der Waals surface area contributed by atoms with Gasteiger partial charge >= 0.3 is 6.18 Å². The van der Waals surface area contributed by atoms with E-state index in [1.165, 1.54) is 12.8 Å². The summed E-state index contributed by atoms with van der Waals surface area (Å²) >= 11 is 1.63. The number of halogens is 3. The van der Waals surface area contributed by atoms with Crippen LogP contribution < -0.4 is 5.32 Å². The molecule has 0 aromatic carbocycles. The third-order valence-corrected chi connectivity index (χ3v) is 5.05. The van der Waals surface area contributed by atoms with Crippen LogP contribution in [-0.4, -0.2) is 35.2 Å². The van der Waals surface area contributed by atoms with Crippen molar-refractivity contribution in [3.05, 3.63) is 16.1 Å². The van der Waals surface area contributed by atoms with Crippen molar-refractivity contribution < 1.29 is 13.2 Å². The second-order valence-electron chi connectivity index (χ2n) is 5.98. The van der Waals surface area contributed by atoms with Gasteiger partial charge in [-0.3, -0.25) is 4.90 Å². The number of thiazole rings is 1. The first-order chi connectivity index (χ1) is 10.0. The van der Waals surface area contributed by atoms with Crippen molar-refractivity contribution in [2.24, 2.45) is 5.92 Å². The quantitative estimate of drug-likeness (QED) is 0.903. The van der Waals surface area contributed by atoms with E-state index in [0.717, 1.165) is 17.2 Å². The summed E-state index contributed by atoms with van der Waals surface area (Å²) in [7, 11) is 0. The molecule has 1 aromatic heterocycles. The van der Waals surface area contributed by atoms with Crippen molar-refractivity contribution in [3.8, 4) is 0 Å². The van der Waals surface area contributed by atoms with Crippen LogP contribution in [-0.2, 0) is 13.1 Å². The molecule has 0 unspecified atom stereocenters. The third kappa shape index (κ3) is 4.40. The monoisotopic (exact) mass is 319 g/mol. The molecule has 3 rings (SSSR count). The van der Waals surface area contributed by atoms with E-state index in [2.05, 4.69) is 15.2 Å². The molecule has 1 N–H and O–H groups in total. The van der Waals surface area contributed by atoms with Crippen molar-refractivity contribution in [1.29, 1.82) is 0 Å². The fourth-order valence-electron chi connectivity index (χ4n) is 2.67. The third-order valence-electron chi connectivity index (χ3n) is 4.15. The minimum atomic E-state index is -4.03. The summed E-state index contributed by atoms with van der Waals surface area (Å²) in [6.45, 7) is 2.50. The molecule has 1 aromatic rings. The molecule has 2 aliphatic rings. The fraction of sp³-hybridized carbons (Fsp3) is 0.786. The Morgan fingerprint density at radius 3 is 2.57 bits per heavy atom. The maximum Gasteiger partial charge on any atom is 0.391 e.